The van der Waals surface area contributed by atoms with E-state index in [1.807, 2.05) is 0 Å². The minimum Gasteiger partial charge on any atom is -0.427 e. The Bertz CT molecular complexity index is 1160. The Hall–Kier alpha value is -3.69. The van der Waals surface area contributed by atoms with E-state index in [-0.39, 0.29) is 5.92 Å². The summed E-state index contributed by atoms with van der Waals surface area (Å²) in [4.78, 5) is 63.5. The van der Waals surface area contributed by atoms with E-state index < -0.39 is 35.1 Å². The summed E-state index contributed by atoms with van der Waals surface area (Å²) in [6.45, 7) is 4.68. The number of H-pyrrole nitrogens is 1. The van der Waals surface area contributed by atoms with Crippen LogP contribution in [0.1, 0.15) is 67.9 Å². The van der Waals surface area contributed by atoms with Crippen molar-refractivity contribution in [3.8, 4) is 5.75 Å². The lowest BCUT2D eigenvalue weighted by molar-refractivity contribution is -0.132. The number of amides is 2. The zero-order valence-corrected chi connectivity index (χ0v) is 19.6. The van der Waals surface area contributed by atoms with Crippen molar-refractivity contribution in [2.75, 3.05) is 6.54 Å². The first kappa shape index (κ1) is 24.9. The predicted octanol–water partition coefficient (Wildman–Crippen LogP) is 2.09. The highest BCUT2D eigenvalue weighted by Gasteiger charge is 2.26. The van der Waals surface area contributed by atoms with Crippen LogP contribution in [0, 0.1) is 12.8 Å². The molecular formula is C24H30N4O6. The van der Waals surface area contributed by atoms with Crippen LogP contribution in [-0.4, -0.2) is 38.9 Å². The van der Waals surface area contributed by atoms with Gasteiger partial charge in [0.2, 0.25) is 0 Å². The number of carbonyl (C=O) groups excluding carboxylic acids is 3. The molecule has 1 fully saturated rings. The molecule has 1 heterocycles. The molecule has 2 aromatic rings. The Kier molecular flexibility index (Phi) is 8.04. The molecule has 0 saturated heterocycles. The third-order valence-electron chi connectivity index (χ3n) is 5.96. The molecule has 1 saturated carbocycles. The van der Waals surface area contributed by atoms with Crippen LogP contribution in [0.5, 0.6) is 5.75 Å². The lowest BCUT2D eigenvalue weighted by Crippen LogP contribution is -2.51. The van der Waals surface area contributed by atoms with Gasteiger partial charge in [0.05, 0.1) is 0 Å². The van der Waals surface area contributed by atoms with Gasteiger partial charge < -0.3 is 4.74 Å². The fourth-order valence-corrected chi connectivity index (χ4v) is 4.02. The zero-order chi connectivity index (χ0) is 24.8. The summed E-state index contributed by atoms with van der Waals surface area (Å²) in [6, 6.07) is 5.12. The number of esters is 1. The van der Waals surface area contributed by atoms with Crippen molar-refractivity contribution < 1.29 is 19.1 Å². The van der Waals surface area contributed by atoms with Crippen molar-refractivity contribution in [3.63, 3.8) is 0 Å². The molecule has 1 atom stereocenters. The topological polar surface area (TPSA) is 131 Å². The van der Waals surface area contributed by atoms with E-state index in [4.69, 9.17) is 4.74 Å². The van der Waals surface area contributed by atoms with Gasteiger partial charge in [-0.15, -0.1) is 0 Å². The number of carbonyl (C=O) groups is 3. The number of rotatable bonds is 6. The summed E-state index contributed by atoms with van der Waals surface area (Å²) >= 11 is 0. The first-order valence-corrected chi connectivity index (χ1v) is 11.4. The first-order valence-electron chi connectivity index (χ1n) is 11.4. The number of nitrogens with one attached hydrogen (secondary N) is 2. The highest BCUT2D eigenvalue weighted by atomic mass is 16.5. The maximum Gasteiger partial charge on any atom is 0.329 e. The molecule has 10 heteroatoms. The summed E-state index contributed by atoms with van der Waals surface area (Å²) in [5, 5.41) is 1.29. The largest absolute Gasteiger partial charge is 0.427 e. The summed E-state index contributed by atoms with van der Waals surface area (Å²) in [5.74, 6) is -0.883. The van der Waals surface area contributed by atoms with Crippen molar-refractivity contribution in [2.24, 2.45) is 5.92 Å². The lowest BCUT2D eigenvalue weighted by Gasteiger charge is -2.31. The van der Waals surface area contributed by atoms with E-state index in [0.717, 1.165) is 36.7 Å². The first-order chi connectivity index (χ1) is 16.2. The molecule has 1 aliphatic carbocycles. The van der Waals surface area contributed by atoms with Crippen LogP contribution < -0.4 is 21.4 Å². The van der Waals surface area contributed by atoms with Crippen LogP contribution in [0.4, 0.5) is 0 Å². The van der Waals surface area contributed by atoms with E-state index in [1.54, 1.807) is 0 Å². The van der Waals surface area contributed by atoms with Crippen molar-refractivity contribution in [3.05, 3.63) is 62.4 Å². The summed E-state index contributed by atoms with van der Waals surface area (Å²) in [7, 11) is 0. The Labute approximate surface area is 196 Å². The van der Waals surface area contributed by atoms with Gasteiger partial charge in [-0.25, -0.2) is 9.80 Å². The van der Waals surface area contributed by atoms with E-state index in [2.05, 4.69) is 10.4 Å². The molecule has 0 bridgehead atoms. The molecule has 1 aromatic heterocycles. The second-order valence-electron chi connectivity index (χ2n) is 8.67. The van der Waals surface area contributed by atoms with Gasteiger partial charge in [-0.2, -0.15) is 0 Å². The van der Waals surface area contributed by atoms with Gasteiger partial charge in [0.15, 0.2) is 0 Å². The van der Waals surface area contributed by atoms with Gasteiger partial charge >= 0.3 is 11.7 Å². The maximum atomic E-state index is 13.3. The van der Waals surface area contributed by atoms with Gasteiger partial charge in [-0.3, -0.25) is 34.2 Å². The number of ether oxygens (including phenoxy) is 1. The molecule has 2 N–H and O–H groups in total. The van der Waals surface area contributed by atoms with E-state index in [9.17, 15) is 24.0 Å². The van der Waals surface area contributed by atoms with E-state index in [0.29, 0.717) is 23.4 Å². The predicted molar refractivity (Wildman–Crippen MR) is 124 cm³/mol. The van der Waals surface area contributed by atoms with Gasteiger partial charge in [-0.05, 0) is 56.9 Å². The van der Waals surface area contributed by atoms with E-state index >= 15 is 0 Å². The second kappa shape index (κ2) is 11.0. The Balaban J connectivity index is 1.82. The summed E-state index contributed by atoms with van der Waals surface area (Å²) < 4.78 is 6.14. The normalized spacial score (nSPS) is 14.8. The van der Waals surface area contributed by atoms with Crippen LogP contribution >= 0.6 is 0 Å². The van der Waals surface area contributed by atoms with Crippen molar-refractivity contribution in [1.82, 2.24) is 20.0 Å². The maximum absolute atomic E-state index is 13.3. The zero-order valence-electron chi connectivity index (χ0n) is 19.6. The quantitative estimate of drug-likeness (QED) is 0.378. The Morgan fingerprint density at radius 2 is 1.79 bits per heavy atom. The van der Waals surface area contributed by atoms with Crippen molar-refractivity contribution in [2.45, 2.75) is 58.9 Å². The Morgan fingerprint density at radius 1 is 1.15 bits per heavy atom. The number of aryl methyl sites for hydroxylation is 1. The Morgan fingerprint density at radius 3 is 2.41 bits per heavy atom. The van der Waals surface area contributed by atoms with Crippen LogP contribution in [0.25, 0.3) is 0 Å². The van der Waals surface area contributed by atoms with Gasteiger partial charge in [0.25, 0.3) is 17.4 Å². The van der Waals surface area contributed by atoms with Crippen LogP contribution in [-0.2, 0) is 9.59 Å². The SMILES string of the molecule is CC(=O)Oc1ccc(C(=O)N(CC2CCCCC2)NC(=O)C(C)n2cc(C)c(=O)[nH]c2=O)cc1. The highest BCUT2D eigenvalue weighted by molar-refractivity contribution is 5.96. The number of nitrogens with zero attached hydrogens (tertiary/aromatic N) is 2. The minimum atomic E-state index is -0.962. The third kappa shape index (κ3) is 6.21. The highest BCUT2D eigenvalue weighted by Crippen LogP contribution is 2.25. The number of hydrazine groups is 1. The number of aromatic nitrogens is 2. The molecule has 182 valence electrons. The fourth-order valence-electron chi connectivity index (χ4n) is 4.02. The van der Waals surface area contributed by atoms with Gasteiger partial charge in [-0.1, -0.05) is 19.3 Å². The van der Waals surface area contributed by atoms with Crippen molar-refractivity contribution in [1.29, 1.82) is 0 Å². The second-order valence-corrected chi connectivity index (χ2v) is 8.67. The lowest BCUT2D eigenvalue weighted by atomic mass is 9.89. The average molecular weight is 471 g/mol. The molecule has 10 nitrogen and oxygen atoms in total. The molecule has 1 aromatic carbocycles. The van der Waals surface area contributed by atoms with Crippen molar-refractivity contribution >= 4 is 17.8 Å². The monoisotopic (exact) mass is 470 g/mol. The molecule has 1 unspecified atom stereocenters. The third-order valence-corrected chi connectivity index (χ3v) is 5.96. The van der Waals surface area contributed by atoms with E-state index in [1.165, 1.54) is 56.2 Å². The molecule has 0 radical (unpaired) electrons. The molecule has 34 heavy (non-hydrogen) atoms. The smallest absolute Gasteiger partial charge is 0.329 e. The van der Waals surface area contributed by atoms with Gasteiger partial charge in [0.1, 0.15) is 11.8 Å². The number of benzene rings is 1. The molecule has 0 aliphatic heterocycles. The van der Waals surface area contributed by atoms with Crippen LogP contribution in [0.15, 0.2) is 40.1 Å². The average Bonchev–Trinajstić information content (AvgIpc) is 2.81. The minimum absolute atomic E-state index is 0.242. The van der Waals surface area contributed by atoms with Crippen LogP contribution in [0.3, 0.4) is 0 Å². The standard InChI is InChI=1S/C24H30N4O6/c1-15-13-27(24(33)25-21(15)30)16(2)22(31)26-28(14-18-7-5-4-6-8-18)23(32)19-9-11-20(12-10-19)34-17(3)29/h9-13,16,18H,4-8,14H2,1-3H3,(H,26,31)(H,25,30,33). The number of hydrogen-bond acceptors (Lipinski definition) is 6. The molecule has 2 amide bonds. The molecule has 0 spiro atoms. The molecular weight excluding hydrogens is 440 g/mol. The summed E-state index contributed by atoms with van der Waals surface area (Å²) in [6.07, 6.45) is 6.53. The van der Waals surface area contributed by atoms with Crippen LogP contribution in [0.2, 0.25) is 0 Å². The number of aromatic amines is 1. The molecule has 3 rings (SSSR count). The van der Waals surface area contributed by atoms with Gasteiger partial charge in [0, 0.05) is 30.8 Å². The summed E-state index contributed by atoms with van der Waals surface area (Å²) in [5.41, 5.74) is 2.07. The molecule has 1 aliphatic rings. The fraction of sp³-hybridized carbons (Fsp3) is 0.458. The number of hydrogen-bond donors (Lipinski definition) is 2.